The van der Waals surface area contributed by atoms with E-state index in [4.69, 9.17) is 4.74 Å². The van der Waals surface area contributed by atoms with Crippen molar-refractivity contribution in [3.63, 3.8) is 0 Å². The average Bonchev–Trinajstić information content (AvgIpc) is 3.08. The summed E-state index contributed by atoms with van der Waals surface area (Å²) in [4.78, 5) is 17.5. The molecule has 0 unspecified atom stereocenters. The molecule has 1 amide bonds. The number of ether oxygens (including phenoxy) is 1. The maximum atomic E-state index is 14.1. The predicted molar refractivity (Wildman–Crippen MR) is 149 cm³/mol. The van der Waals surface area contributed by atoms with Crippen LogP contribution in [0.5, 0.6) is 11.5 Å². The number of fused-ring (bicyclic) bond motifs is 2. The highest BCUT2D eigenvalue weighted by molar-refractivity contribution is 7.89. The van der Waals surface area contributed by atoms with Crippen LogP contribution in [0.25, 0.3) is 0 Å². The molecule has 0 aliphatic carbocycles. The second-order valence-corrected chi connectivity index (χ2v) is 12.3. The number of hydrogen-bond acceptors (Lipinski definition) is 6. The summed E-state index contributed by atoms with van der Waals surface area (Å²) in [6, 6.07) is 16.7. The van der Waals surface area contributed by atoms with Gasteiger partial charge in [-0.15, -0.1) is 0 Å². The van der Waals surface area contributed by atoms with E-state index in [1.54, 1.807) is 36.4 Å². The summed E-state index contributed by atoms with van der Waals surface area (Å²) in [5.74, 6) is 0.596. The maximum absolute atomic E-state index is 14.1. The van der Waals surface area contributed by atoms with Crippen LogP contribution >= 0.6 is 0 Å². The van der Waals surface area contributed by atoms with Crippen molar-refractivity contribution in [2.45, 2.75) is 24.7 Å². The molecule has 8 nitrogen and oxygen atoms in total. The van der Waals surface area contributed by atoms with Crippen LogP contribution in [0.1, 0.15) is 30.1 Å². The molecule has 0 saturated carbocycles. The standard InChI is InChI=1S/C29H31FN4O4S/c1-20-10-12-34(13-11-20)39(36,37)28-18-23-27(38-26-5-3-2-4-24(26)31-29(23)35)19-25(28)33-16-14-32(15-17-33)22-8-6-21(30)7-9-22/h2-9,18-20H,10-17H2,1H3,(H,31,35). The largest absolute Gasteiger partial charge is 0.454 e. The molecule has 204 valence electrons. The first-order valence-corrected chi connectivity index (χ1v) is 14.8. The fourth-order valence-corrected chi connectivity index (χ4v) is 7.14. The number of rotatable bonds is 4. The Morgan fingerprint density at radius 3 is 2.26 bits per heavy atom. The van der Waals surface area contributed by atoms with Crippen LogP contribution in [-0.4, -0.2) is 57.9 Å². The number of benzene rings is 3. The van der Waals surface area contributed by atoms with E-state index in [9.17, 15) is 17.6 Å². The van der Waals surface area contributed by atoms with E-state index in [2.05, 4.69) is 17.1 Å². The van der Waals surface area contributed by atoms with Crippen molar-refractivity contribution in [2.75, 3.05) is 54.4 Å². The van der Waals surface area contributed by atoms with E-state index >= 15 is 0 Å². The van der Waals surface area contributed by atoms with Gasteiger partial charge in [-0.3, -0.25) is 4.79 Å². The Labute approximate surface area is 228 Å². The number of carbonyl (C=O) groups excluding carboxylic acids is 1. The lowest BCUT2D eigenvalue weighted by atomic mass is 10.0. The molecule has 39 heavy (non-hydrogen) atoms. The van der Waals surface area contributed by atoms with Crippen molar-refractivity contribution in [3.05, 3.63) is 72.0 Å². The van der Waals surface area contributed by atoms with Crippen LogP contribution in [-0.2, 0) is 10.0 Å². The molecule has 3 aliphatic rings. The van der Waals surface area contributed by atoms with E-state index in [1.807, 2.05) is 11.0 Å². The molecule has 3 aliphatic heterocycles. The van der Waals surface area contributed by atoms with Crippen molar-refractivity contribution in [1.29, 1.82) is 0 Å². The highest BCUT2D eigenvalue weighted by Crippen LogP contribution is 2.41. The number of hydrogen-bond donors (Lipinski definition) is 1. The topological polar surface area (TPSA) is 82.2 Å². The number of carbonyl (C=O) groups is 1. The van der Waals surface area contributed by atoms with E-state index in [-0.39, 0.29) is 16.3 Å². The van der Waals surface area contributed by atoms with Gasteiger partial charge in [-0.2, -0.15) is 4.31 Å². The monoisotopic (exact) mass is 550 g/mol. The Morgan fingerprint density at radius 2 is 1.54 bits per heavy atom. The first-order valence-electron chi connectivity index (χ1n) is 13.3. The quantitative estimate of drug-likeness (QED) is 0.496. The molecule has 0 aromatic heterocycles. The third-order valence-electron chi connectivity index (χ3n) is 7.83. The highest BCUT2D eigenvalue weighted by Gasteiger charge is 2.35. The fraction of sp³-hybridized carbons (Fsp3) is 0.345. The van der Waals surface area contributed by atoms with Crippen LogP contribution in [0.4, 0.5) is 21.5 Å². The number of nitrogens with zero attached hydrogens (tertiary/aromatic N) is 3. The molecule has 3 aromatic rings. The number of piperazine rings is 1. The van der Waals surface area contributed by atoms with Crippen molar-refractivity contribution in [1.82, 2.24) is 4.31 Å². The Kier molecular flexibility index (Phi) is 6.68. The minimum atomic E-state index is -3.87. The van der Waals surface area contributed by atoms with Crippen LogP contribution < -0.4 is 19.9 Å². The van der Waals surface area contributed by atoms with Crippen molar-refractivity contribution >= 4 is 33.0 Å². The average molecular weight is 551 g/mol. The van der Waals surface area contributed by atoms with Crippen LogP contribution in [0.2, 0.25) is 0 Å². The predicted octanol–water partition coefficient (Wildman–Crippen LogP) is 4.93. The lowest BCUT2D eigenvalue weighted by molar-refractivity contribution is 0.102. The Balaban J connectivity index is 1.38. The van der Waals surface area contributed by atoms with E-state index in [1.165, 1.54) is 22.5 Å². The summed E-state index contributed by atoms with van der Waals surface area (Å²) in [5, 5.41) is 2.85. The number of halogens is 1. The number of sulfonamides is 1. The molecule has 0 radical (unpaired) electrons. The van der Waals surface area contributed by atoms with E-state index in [0.29, 0.717) is 68.1 Å². The zero-order chi connectivity index (χ0) is 27.1. The van der Waals surface area contributed by atoms with Gasteiger partial charge in [0.15, 0.2) is 5.75 Å². The first kappa shape index (κ1) is 25.6. The molecule has 2 fully saturated rings. The molecular formula is C29H31FN4O4S. The highest BCUT2D eigenvalue weighted by atomic mass is 32.2. The van der Waals surface area contributed by atoms with Crippen molar-refractivity contribution in [3.8, 4) is 11.5 Å². The number of piperidine rings is 1. The van der Waals surface area contributed by atoms with Crippen LogP contribution in [0.3, 0.4) is 0 Å². The Bertz CT molecular complexity index is 1500. The van der Waals surface area contributed by atoms with E-state index < -0.39 is 15.9 Å². The number of nitrogens with one attached hydrogen (secondary N) is 1. The Morgan fingerprint density at radius 1 is 0.872 bits per heavy atom. The third kappa shape index (κ3) is 4.94. The SMILES string of the molecule is CC1CCN(S(=O)(=O)c2cc3c(cc2N2CCN(c4ccc(F)cc4)CC2)Oc2ccccc2NC3=O)CC1. The zero-order valence-electron chi connectivity index (χ0n) is 21.8. The van der Waals surface area contributed by atoms with Gasteiger partial charge < -0.3 is 19.9 Å². The maximum Gasteiger partial charge on any atom is 0.259 e. The lowest BCUT2D eigenvalue weighted by Crippen LogP contribution is -2.47. The number of para-hydroxylation sites is 2. The number of amides is 1. The summed E-state index contributed by atoms with van der Waals surface area (Å²) in [6.45, 7) is 5.41. The van der Waals surface area contributed by atoms with Gasteiger partial charge in [0.2, 0.25) is 10.0 Å². The smallest absolute Gasteiger partial charge is 0.259 e. The van der Waals surface area contributed by atoms with Gasteiger partial charge in [0.1, 0.15) is 16.5 Å². The van der Waals surface area contributed by atoms with Crippen LogP contribution in [0.15, 0.2) is 65.6 Å². The minimum Gasteiger partial charge on any atom is -0.454 e. The van der Waals surface area contributed by atoms with Gasteiger partial charge in [-0.25, -0.2) is 12.8 Å². The van der Waals surface area contributed by atoms with Gasteiger partial charge >= 0.3 is 0 Å². The molecule has 0 spiro atoms. The second-order valence-electron chi connectivity index (χ2n) is 10.4. The van der Waals surface area contributed by atoms with E-state index in [0.717, 1.165) is 18.5 Å². The van der Waals surface area contributed by atoms with Gasteiger partial charge in [-0.05, 0) is 61.2 Å². The van der Waals surface area contributed by atoms with Gasteiger partial charge in [-0.1, -0.05) is 19.1 Å². The molecule has 0 atom stereocenters. The molecule has 6 rings (SSSR count). The minimum absolute atomic E-state index is 0.121. The molecule has 10 heteroatoms. The molecule has 0 bridgehead atoms. The molecule has 3 aromatic carbocycles. The number of anilines is 3. The second kappa shape index (κ2) is 10.2. The molecule has 3 heterocycles. The van der Waals surface area contributed by atoms with Gasteiger partial charge in [0.25, 0.3) is 5.91 Å². The normalized spacial score (nSPS) is 18.6. The zero-order valence-corrected chi connectivity index (χ0v) is 22.6. The van der Waals surface area contributed by atoms with Gasteiger partial charge in [0.05, 0.1) is 16.9 Å². The summed E-state index contributed by atoms with van der Waals surface area (Å²) >= 11 is 0. The van der Waals surface area contributed by atoms with Crippen LogP contribution in [0, 0.1) is 11.7 Å². The third-order valence-corrected chi connectivity index (χ3v) is 9.76. The summed E-state index contributed by atoms with van der Waals surface area (Å²) in [5.41, 5.74) is 2.16. The van der Waals surface area contributed by atoms with Gasteiger partial charge in [0, 0.05) is 51.0 Å². The molecule has 2 saturated heterocycles. The summed E-state index contributed by atoms with van der Waals surface area (Å²) in [7, 11) is -3.87. The lowest BCUT2D eigenvalue weighted by Gasteiger charge is -2.39. The summed E-state index contributed by atoms with van der Waals surface area (Å²) < 4.78 is 49.2. The Hall–Kier alpha value is -3.63. The first-order chi connectivity index (χ1) is 18.8. The van der Waals surface area contributed by atoms with Crippen molar-refractivity contribution < 1.29 is 22.3 Å². The van der Waals surface area contributed by atoms with Crippen molar-refractivity contribution in [2.24, 2.45) is 5.92 Å². The fourth-order valence-electron chi connectivity index (χ4n) is 5.45. The summed E-state index contributed by atoms with van der Waals surface area (Å²) in [6.07, 6.45) is 1.60. The molecule has 1 N–H and O–H groups in total. The molecular weight excluding hydrogens is 519 g/mol.